The van der Waals surface area contributed by atoms with E-state index in [4.69, 9.17) is 4.74 Å². The summed E-state index contributed by atoms with van der Waals surface area (Å²) in [5, 5.41) is 0. The molecule has 298 valence electrons. The van der Waals surface area contributed by atoms with Crippen LogP contribution in [0.3, 0.4) is 0 Å². The Hall–Kier alpha value is -3.68. The fourth-order valence-corrected chi connectivity index (χ4v) is 9.56. The molecule has 3 aromatic rings. The van der Waals surface area contributed by atoms with Gasteiger partial charge in [0.15, 0.2) is 0 Å². The van der Waals surface area contributed by atoms with Crippen LogP contribution in [0.1, 0.15) is 132 Å². The number of amides is 1. The van der Waals surface area contributed by atoms with E-state index in [1.165, 1.54) is 40.7 Å². The number of hydrogen-bond acceptors (Lipinski definition) is 5. The number of carbonyl (C=O) groups excluding carboxylic acids is 1. The fourth-order valence-electron chi connectivity index (χ4n) is 9.56. The smallest absolute Gasteiger partial charge is 0.253 e. The molecule has 2 aliphatic heterocycles. The zero-order valence-corrected chi connectivity index (χ0v) is 36.3. The van der Waals surface area contributed by atoms with Crippen molar-refractivity contribution in [2.24, 2.45) is 18.4 Å². The number of carbonyl (C=O) groups is 1. The van der Waals surface area contributed by atoms with E-state index in [-0.39, 0.29) is 34.4 Å². The van der Waals surface area contributed by atoms with Crippen molar-refractivity contribution in [3.05, 3.63) is 97.0 Å². The molecule has 2 aromatic carbocycles. The third kappa shape index (κ3) is 7.85. The van der Waals surface area contributed by atoms with Crippen LogP contribution in [-0.2, 0) is 31.4 Å². The Kier molecular flexibility index (Phi) is 11.7. The Morgan fingerprint density at radius 2 is 1.71 bits per heavy atom. The van der Waals surface area contributed by atoms with E-state index in [0.29, 0.717) is 5.92 Å². The number of pyridine rings is 1. The molecule has 1 saturated carbocycles. The number of methoxy groups -OCH3 is 1. The highest BCUT2D eigenvalue weighted by atomic mass is 16.5. The molecular weight excluding hydrogens is 681 g/mol. The van der Waals surface area contributed by atoms with Crippen molar-refractivity contribution in [1.29, 1.82) is 0 Å². The van der Waals surface area contributed by atoms with Crippen LogP contribution in [-0.4, -0.2) is 64.0 Å². The molecule has 2 atom stereocenters. The molecule has 2 fully saturated rings. The number of fused-ring (bicyclic) bond motifs is 1. The van der Waals surface area contributed by atoms with Crippen LogP contribution >= 0.6 is 0 Å². The zero-order valence-electron chi connectivity index (χ0n) is 36.3. The molecule has 1 aromatic heterocycles. The van der Waals surface area contributed by atoms with Gasteiger partial charge in [-0.15, -0.1) is 0 Å². The second-order valence-corrected chi connectivity index (χ2v) is 18.6. The van der Waals surface area contributed by atoms with Crippen molar-refractivity contribution in [2.45, 2.75) is 132 Å². The summed E-state index contributed by atoms with van der Waals surface area (Å²) in [5.74, 6) is 1.66. The van der Waals surface area contributed by atoms with Gasteiger partial charge in [-0.05, 0) is 110 Å². The van der Waals surface area contributed by atoms with Gasteiger partial charge >= 0.3 is 0 Å². The van der Waals surface area contributed by atoms with Crippen LogP contribution in [0, 0.1) is 25.2 Å². The summed E-state index contributed by atoms with van der Waals surface area (Å²) in [6.07, 6.45) is 6.25. The number of benzene rings is 2. The summed E-state index contributed by atoms with van der Waals surface area (Å²) in [6, 6.07) is 11.5. The first kappa shape index (κ1) is 41.0. The number of aromatic nitrogens is 1. The minimum atomic E-state index is 0.0189. The topological polar surface area (TPSA) is 58.0 Å². The lowest BCUT2D eigenvalue weighted by Crippen LogP contribution is -2.54. The van der Waals surface area contributed by atoms with E-state index in [9.17, 15) is 9.59 Å². The monoisotopic (exact) mass is 749 g/mol. The molecule has 1 amide bonds. The van der Waals surface area contributed by atoms with Crippen LogP contribution in [0.2, 0.25) is 0 Å². The molecule has 0 bridgehead atoms. The summed E-state index contributed by atoms with van der Waals surface area (Å²) in [7, 11) is 3.62. The molecule has 7 nitrogen and oxygen atoms in total. The summed E-state index contributed by atoms with van der Waals surface area (Å²) >= 11 is 0. The molecule has 3 aliphatic rings. The average molecular weight is 749 g/mol. The van der Waals surface area contributed by atoms with E-state index >= 15 is 0 Å². The first-order valence-corrected chi connectivity index (χ1v) is 20.9. The number of allylic oxidation sites excluding steroid dienone is 1. The number of rotatable bonds is 10. The van der Waals surface area contributed by atoms with Gasteiger partial charge in [0.2, 0.25) is 0 Å². The summed E-state index contributed by atoms with van der Waals surface area (Å²) < 4.78 is 7.84. The van der Waals surface area contributed by atoms with Crippen LogP contribution in [0.25, 0.3) is 11.1 Å². The van der Waals surface area contributed by atoms with E-state index in [2.05, 4.69) is 114 Å². The molecule has 2 unspecified atom stereocenters. The molecule has 6 rings (SSSR count). The SMILES string of the molecule is CCC1c2cccc(CN3CCN(Cc4c(OC)cc(-c5cn(C)c(=O)c(C)c5C)cc4C(C)C)CC34CC4)c2CCN1C(=O)C(=C(C)C)C(C)C(C)(C)C. The number of aryl methyl sites for hydroxylation is 1. The van der Waals surface area contributed by atoms with Gasteiger partial charge in [0, 0.05) is 80.3 Å². The Balaban J connectivity index is 1.21. The molecule has 0 N–H and O–H groups in total. The van der Waals surface area contributed by atoms with Crippen molar-refractivity contribution in [3.8, 4) is 16.9 Å². The van der Waals surface area contributed by atoms with Crippen LogP contribution in [0.15, 0.2) is 52.5 Å². The maximum atomic E-state index is 14.3. The molecule has 1 spiro atoms. The Bertz CT molecular complexity index is 2020. The predicted molar refractivity (Wildman–Crippen MR) is 227 cm³/mol. The predicted octanol–water partition coefficient (Wildman–Crippen LogP) is 9.51. The van der Waals surface area contributed by atoms with E-state index < -0.39 is 0 Å². The molecular formula is C48H68N4O3. The minimum absolute atomic E-state index is 0.0189. The minimum Gasteiger partial charge on any atom is -0.496 e. The standard InChI is InChI=1S/C48H68N4O3/c1-14-42-38-17-15-16-35(37(38)18-21-52(42)46(54)44(31(4)5)34(8)47(9,10)11)26-51-23-22-50(29-48(51)19-20-48)28-41-39(30(2)3)24-36(25-43(41)55-13)40-27-49(12)45(53)33(7)32(40)6/h15-17,24-25,27,30,34,42H,14,18-23,26,28-29H2,1-13H3. The quantitative estimate of drug-likeness (QED) is 0.194. The van der Waals surface area contributed by atoms with Gasteiger partial charge in [-0.25, -0.2) is 0 Å². The lowest BCUT2D eigenvalue weighted by molar-refractivity contribution is -0.131. The number of hydrogen-bond donors (Lipinski definition) is 0. The maximum absolute atomic E-state index is 14.3. The van der Waals surface area contributed by atoms with Crippen molar-refractivity contribution < 1.29 is 9.53 Å². The average Bonchev–Trinajstić information content (AvgIpc) is 3.91. The molecule has 55 heavy (non-hydrogen) atoms. The normalized spacial score (nSPS) is 19.1. The zero-order chi connectivity index (χ0) is 40.1. The molecule has 0 radical (unpaired) electrons. The van der Waals surface area contributed by atoms with E-state index in [1.54, 1.807) is 11.7 Å². The highest BCUT2D eigenvalue weighted by Crippen LogP contribution is 2.47. The van der Waals surface area contributed by atoms with E-state index in [1.807, 2.05) is 20.2 Å². The molecule has 3 heterocycles. The lowest BCUT2D eigenvalue weighted by Gasteiger charge is -2.44. The second-order valence-electron chi connectivity index (χ2n) is 18.6. The molecule has 1 aliphatic carbocycles. The Labute approximate surface area is 331 Å². The number of nitrogens with zero attached hydrogens (tertiary/aromatic N) is 4. The second kappa shape index (κ2) is 15.7. The largest absolute Gasteiger partial charge is 0.496 e. The van der Waals surface area contributed by atoms with Crippen molar-refractivity contribution in [2.75, 3.05) is 33.3 Å². The summed E-state index contributed by atoms with van der Waals surface area (Å²) in [4.78, 5) is 34.6. The molecule has 1 saturated heterocycles. The van der Waals surface area contributed by atoms with Gasteiger partial charge < -0.3 is 14.2 Å². The highest BCUT2D eigenvalue weighted by molar-refractivity contribution is 5.95. The third-order valence-electron chi connectivity index (χ3n) is 13.6. The number of ether oxygens (including phenoxy) is 1. The molecule has 7 heteroatoms. The van der Waals surface area contributed by atoms with Crippen LogP contribution in [0.5, 0.6) is 5.75 Å². The van der Waals surface area contributed by atoms with Crippen molar-refractivity contribution in [3.63, 3.8) is 0 Å². The number of piperazine rings is 1. The van der Waals surface area contributed by atoms with Crippen molar-refractivity contribution >= 4 is 5.91 Å². The first-order chi connectivity index (χ1) is 25.9. The highest BCUT2D eigenvalue weighted by Gasteiger charge is 2.51. The first-order valence-electron chi connectivity index (χ1n) is 20.9. The lowest BCUT2D eigenvalue weighted by atomic mass is 9.75. The van der Waals surface area contributed by atoms with Crippen LogP contribution < -0.4 is 10.3 Å². The van der Waals surface area contributed by atoms with Crippen molar-refractivity contribution in [1.82, 2.24) is 19.3 Å². The summed E-state index contributed by atoms with van der Waals surface area (Å²) in [6.45, 7) is 29.6. The van der Waals surface area contributed by atoms with Gasteiger partial charge in [-0.2, -0.15) is 0 Å². The van der Waals surface area contributed by atoms with E-state index in [0.717, 1.165) is 91.3 Å². The fraction of sp³-hybridized carbons (Fsp3) is 0.583. The maximum Gasteiger partial charge on any atom is 0.253 e. The summed E-state index contributed by atoms with van der Waals surface area (Å²) in [5.41, 5.74) is 13.2. The van der Waals surface area contributed by atoms with Gasteiger partial charge in [0.05, 0.1) is 13.2 Å². The Morgan fingerprint density at radius 3 is 2.31 bits per heavy atom. The van der Waals surface area contributed by atoms with Gasteiger partial charge in [0.1, 0.15) is 5.75 Å². The van der Waals surface area contributed by atoms with Gasteiger partial charge in [-0.1, -0.05) is 78.3 Å². The third-order valence-corrected chi connectivity index (χ3v) is 13.6. The van der Waals surface area contributed by atoms with Gasteiger partial charge in [0.25, 0.3) is 11.5 Å². The van der Waals surface area contributed by atoms with Crippen LogP contribution in [0.4, 0.5) is 0 Å². The van der Waals surface area contributed by atoms with Gasteiger partial charge in [-0.3, -0.25) is 19.4 Å². The Morgan fingerprint density at radius 1 is 1.00 bits per heavy atom.